The van der Waals surface area contributed by atoms with Gasteiger partial charge < -0.3 is 19.5 Å². The van der Waals surface area contributed by atoms with Gasteiger partial charge in [-0.2, -0.15) is 0 Å². The van der Waals surface area contributed by atoms with Crippen LogP contribution in [0, 0.1) is 0 Å². The number of amides is 1. The van der Waals surface area contributed by atoms with Crippen molar-refractivity contribution < 1.29 is 19.4 Å². The van der Waals surface area contributed by atoms with E-state index >= 15 is 0 Å². The van der Waals surface area contributed by atoms with Gasteiger partial charge >= 0.3 is 0 Å². The Morgan fingerprint density at radius 3 is 2.74 bits per heavy atom. The largest absolute Gasteiger partial charge is 0.507 e. The van der Waals surface area contributed by atoms with Gasteiger partial charge in [-0.05, 0) is 18.2 Å². The third-order valence-electron chi connectivity index (χ3n) is 2.60. The van der Waals surface area contributed by atoms with Crippen LogP contribution in [0.2, 0.25) is 0 Å². The molecule has 0 saturated carbocycles. The predicted octanol–water partition coefficient (Wildman–Crippen LogP) is 1.73. The first-order valence-electron chi connectivity index (χ1n) is 5.75. The molecule has 0 aromatic heterocycles. The maximum atomic E-state index is 12.2. The van der Waals surface area contributed by atoms with E-state index in [0.29, 0.717) is 18.9 Å². The van der Waals surface area contributed by atoms with E-state index in [4.69, 9.17) is 21.1 Å². The third-order valence-corrected chi connectivity index (χ3v) is 2.86. The van der Waals surface area contributed by atoms with E-state index in [0.717, 1.165) is 0 Å². The number of nitrogens with zero attached hydrogens (tertiary/aromatic N) is 1. The number of aromatic hydroxyl groups is 1. The molecule has 1 N–H and O–H groups in total. The van der Waals surface area contributed by atoms with Crippen molar-refractivity contribution in [1.29, 1.82) is 0 Å². The molecule has 0 spiro atoms. The Hall–Kier alpha value is -1.46. The molecule has 1 aromatic carbocycles. The van der Waals surface area contributed by atoms with Crippen LogP contribution in [0.5, 0.6) is 11.5 Å². The normalized spacial score (nSPS) is 12.0. The molecule has 106 valence electrons. The number of hydrogen-bond acceptors (Lipinski definition) is 4. The summed E-state index contributed by atoms with van der Waals surface area (Å²) < 4.78 is 9.94. The van der Waals surface area contributed by atoms with Crippen molar-refractivity contribution in [2.45, 2.75) is 5.38 Å². The average molecular weight is 288 g/mol. The van der Waals surface area contributed by atoms with Gasteiger partial charge in [0.2, 0.25) is 0 Å². The fourth-order valence-corrected chi connectivity index (χ4v) is 1.97. The highest BCUT2D eigenvalue weighted by atomic mass is 35.5. The maximum absolute atomic E-state index is 12.2. The zero-order chi connectivity index (χ0) is 14.4. The van der Waals surface area contributed by atoms with E-state index in [2.05, 4.69) is 0 Å². The second-order valence-electron chi connectivity index (χ2n) is 4.12. The molecular weight excluding hydrogens is 270 g/mol. The molecule has 5 nitrogen and oxygen atoms in total. The van der Waals surface area contributed by atoms with E-state index in [1.807, 2.05) is 0 Å². The van der Waals surface area contributed by atoms with Crippen molar-refractivity contribution >= 4 is 17.5 Å². The highest BCUT2D eigenvalue weighted by molar-refractivity contribution is 6.21. The lowest BCUT2D eigenvalue weighted by Gasteiger charge is -2.20. The van der Waals surface area contributed by atoms with Gasteiger partial charge in [0.25, 0.3) is 5.91 Å². The number of phenolic OH excluding ortho intramolecular Hbond substituents is 1. The number of carbonyl (C=O) groups is 1. The molecule has 1 atom stereocenters. The fourth-order valence-electron chi connectivity index (χ4n) is 1.63. The van der Waals surface area contributed by atoms with Gasteiger partial charge in [0, 0.05) is 20.7 Å². The summed E-state index contributed by atoms with van der Waals surface area (Å²) in [7, 11) is 4.66. The minimum atomic E-state index is -0.321. The quantitative estimate of drug-likeness (QED) is 0.810. The number of halogens is 1. The lowest BCUT2D eigenvalue weighted by atomic mass is 10.1. The van der Waals surface area contributed by atoms with Gasteiger partial charge in [0.1, 0.15) is 11.5 Å². The maximum Gasteiger partial charge on any atom is 0.257 e. The molecule has 0 aliphatic rings. The molecule has 0 radical (unpaired) electrons. The standard InChI is InChI=1S/C13H18ClNO4/c1-15(7-9(14)8-18-2)13(17)11-6-10(19-3)4-5-12(11)16/h4-6,9,16H,7-8H2,1-3H3. The smallest absolute Gasteiger partial charge is 0.257 e. The Kier molecular flexibility index (Phi) is 5.92. The van der Waals surface area contributed by atoms with Crippen LogP contribution in [0.3, 0.4) is 0 Å². The Labute approximate surface area is 117 Å². The zero-order valence-corrected chi connectivity index (χ0v) is 12.0. The number of ether oxygens (including phenoxy) is 2. The lowest BCUT2D eigenvalue weighted by Crippen LogP contribution is -2.34. The molecule has 1 unspecified atom stereocenters. The van der Waals surface area contributed by atoms with E-state index in [-0.39, 0.29) is 22.6 Å². The molecule has 0 fully saturated rings. The number of carbonyl (C=O) groups excluding carboxylic acids is 1. The molecular formula is C13H18ClNO4. The van der Waals surface area contributed by atoms with Crippen LogP contribution in [0.15, 0.2) is 18.2 Å². The summed E-state index contributed by atoms with van der Waals surface area (Å²) in [5.74, 6) is 0.0996. The number of methoxy groups -OCH3 is 2. The topological polar surface area (TPSA) is 59.0 Å². The predicted molar refractivity (Wildman–Crippen MR) is 73.1 cm³/mol. The molecule has 0 aliphatic heterocycles. The third kappa shape index (κ3) is 4.29. The number of hydrogen-bond donors (Lipinski definition) is 1. The summed E-state index contributed by atoms with van der Waals surface area (Å²) in [5, 5.41) is 9.43. The van der Waals surface area contributed by atoms with Crippen molar-refractivity contribution in [3.63, 3.8) is 0 Å². The first-order chi connectivity index (χ1) is 8.99. The van der Waals surface area contributed by atoms with Crippen LogP contribution >= 0.6 is 11.6 Å². The highest BCUT2D eigenvalue weighted by Gasteiger charge is 2.19. The highest BCUT2D eigenvalue weighted by Crippen LogP contribution is 2.24. The second kappa shape index (κ2) is 7.21. The average Bonchev–Trinajstić information content (AvgIpc) is 2.38. The van der Waals surface area contributed by atoms with Gasteiger partial charge in [-0.3, -0.25) is 4.79 Å². The van der Waals surface area contributed by atoms with Crippen molar-refractivity contribution in [2.75, 3.05) is 34.4 Å². The minimum Gasteiger partial charge on any atom is -0.507 e. The molecule has 1 rings (SSSR count). The monoisotopic (exact) mass is 287 g/mol. The zero-order valence-electron chi connectivity index (χ0n) is 11.2. The molecule has 0 bridgehead atoms. The minimum absolute atomic E-state index is 0.0875. The summed E-state index contributed by atoms with van der Waals surface area (Å²) in [6, 6.07) is 4.50. The van der Waals surface area contributed by atoms with Gasteiger partial charge in [-0.15, -0.1) is 11.6 Å². The van der Waals surface area contributed by atoms with Gasteiger partial charge in [0.05, 0.1) is 24.7 Å². The summed E-state index contributed by atoms with van der Waals surface area (Å²) in [5.41, 5.74) is 0.183. The number of alkyl halides is 1. The second-order valence-corrected chi connectivity index (χ2v) is 4.74. The van der Waals surface area contributed by atoms with Crippen LogP contribution in [0.4, 0.5) is 0 Å². The van der Waals surface area contributed by atoms with Crippen LogP contribution in [0.25, 0.3) is 0 Å². The number of phenols is 1. The van der Waals surface area contributed by atoms with Crippen LogP contribution in [0.1, 0.15) is 10.4 Å². The first-order valence-corrected chi connectivity index (χ1v) is 6.18. The van der Waals surface area contributed by atoms with Crippen LogP contribution in [-0.4, -0.2) is 55.7 Å². The van der Waals surface area contributed by atoms with Gasteiger partial charge in [0.15, 0.2) is 0 Å². The molecule has 6 heteroatoms. The van der Waals surface area contributed by atoms with Gasteiger partial charge in [-0.1, -0.05) is 0 Å². The van der Waals surface area contributed by atoms with E-state index < -0.39 is 0 Å². The Morgan fingerprint density at radius 1 is 1.47 bits per heavy atom. The summed E-state index contributed by atoms with van der Waals surface area (Å²) >= 11 is 6.00. The molecule has 0 saturated heterocycles. The molecule has 0 aliphatic carbocycles. The Bertz CT molecular complexity index is 439. The fraction of sp³-hybridized carbons (Fsp3) is 0.462. The summed E-state index contributed by atoms with van der Waals surface area (Å²) in [6.45, 7) is 0.675. The van der Waals surface area contributed by atoms with Crippen molar-refractivity contribution in [3.8, 4) is 11.5 Å². The van der Waals surface area contributed by atoms with Crippen molar-refractivity contribution in [1.82, 2.24) is 4.90 Å². The molecule has 19 heavy (non-hydrogen) atoms. The Morgan fingerprint density at radius 2 is 2.16 bits per heavy atom. The van der Waals surface area contributed by atoms with Crippen LogP contribution in [-0.2, 0) is 4.74 Å². The van der Waals surface area contributed by atoms with E-state index in [1.165, 1.54) is 24.1 Å². The molecule has 0 heterocycles. The number of benzene rings is 1. The van der Waals surface area contributed by atoms with E-state index in [1.54, 1.807) is 20.2 Å². The first kappa shape index (κ1) is 15.6. The molecule has 1 aromatic rings. The van der Waals surface area contributed by atoms with Crippen LogP contribution < -0.4 is 4.74 Å². The molecule has 1 amide bonds. The van der Waals surface area contributed by atoms with Crippen molar-refractivity contribution in [2.24, 2.45) is 0 Å². The number of rotatable bonds is 6. The van der Waals surface area contributed by atoms with E-state index in [9.17, 15) is 9.90 Å². The van der Waals surface area contributed by atoms with Gasteiger partial charge in [-0.25, -0.2) is 0 Å². The summed E-state index contributed by atoms with van der Waals surface area (Å²) in [4.78, 5) is 13.6. The Balaban J connectivity index is 2.81. The summed E-state index contributed by atoms with van der Waals surface area (Å²) in [6.07, 6.45) is 0. The van der Waals surface area contributed by atoms with Crippen molar-refractivity contribution in [3.05, 3.63) is 23.8 Å². The SMILES string of the molecule is COCC(Cl)CN(C)C(=O)c1cc(OC)ccc1O. The lowest BCUT2D eigenvalue weighted by molar-refractivity contribution is 0.0778.